The Kier molecular flexibility index (Phi) is 2.71. The van der Waals surface area contributed by atoms with Crippen molar-refractivity contribution in [2.75, 3.05) is 7.05 Å². The number of hydrogen-bond donors (Lipinski definition) is 0. The number of hydrogen-bond acceptors (Lipinski definition) is 5. The predicted molar refractivity (Wildman–Crippen MR) is 70.8 cm³/mol. The van der Waals surface area contributed by atoms with Crippen molar-refractivity contribution in [2.45, 2.75) is 31.7 Å². The van der Waals surface area contributed by atoms with Gasteiger partial charge in [-0.15, -0.1) is 0 Å². The van der Waals surface area contributed by atoms with Crippen molar-refractivity contribution in [3.05, 3.63) is 23.5 Å². The van der Waals surface area contributed by atoms with Gasteiger partial charge in [0.2, 0.25) is 0 Å². The van der Waals surface area contributed by atoms with Gasteiger partial charge in [0.25, 0.3) is 11.6 Å². The van der Waals surface area contributed by atoms with Gasteiger partial charge in [-0.05, 0) is 32.3 Å². The van der Waals surface area contributed by atoms with Crippen LogP contribution in [0.3, 0.4) is 0 Å². The number of carbonyl (C=O) groups excluding carboxylic acids is 1. The predicted octanol–water partition coefficient (Wildman–Crippen LogP) is 2.05. The summed E-state index contributed by atoms with van der Waals surface area (Å²) in [5.41, 5.74) is 0.909. The molecular formula is C14H14N4O2. The summed E-state index contributed by atoms with van der Waals surface area (Å²) in [7, 11) is 1.68. The molecule has 1 aliphatic carbocycles. The van der Waals surface area contributed by atoms with Crippen molar-refractivity contribution >= 4 is 17.0 Å². The van der Waals surface area contributed by atoms with E-state index in [1.54, 1.807) is 20.0 Å². The van der Waals surface area contributed by atoms with Crippen LogP contribution < -0.4 is 0 Å². The molecule has 2 aromatic rings. The van der Waals surface area contributed by atoms with Crippen molar-refractivity contribution < 1.29 is 9.32 Å². The first kappa shape index (κ1) is 12.6. The summed E-state index contributed by atoms with van der Waals surface area (Å²) in [5.74, 6) is -0.193. The maximum atomic E-state index is 12.5. The molecule has 0 unspecified atom stereocenters. The maximum absolute atomic E-state index is 12.5. The quantitative estimate of drug-likeness (QED) is 0.834. The van der Waals surface area contributed by atoms with E-state index < -0.39 is 5.54 Å². The molecule has 1 saturated carbocycles. The van der Waals surface area contributed by atoms with Crippen molar-refractivity contribution in [2.24, 2.45) is 0 Å². The highest BCUT2D eigenvalue weighted by Gasteiger charge is 2.43. The number of pyridine rings is 1. The lowest BCUT2D eigenvalue weighted by Gasteiger charge is -2.42. The average Bonchev–Trinajstić information content (AvgIpc) is 2.78. The highest BCUT2D eigenvalue weighted by molar-refractivity contribution is 5.97. The minimum absolute atomic E-state index is 0.193. The molecule has 0 aromatic carbocycles. The molecule has 1 fully saturated rings. The normalized spacial score (nSPS) is 16.4. The molecule has 1 aliphatic rings. The Bertz CT molecular complexity index is 724. The van der Waals surface area contributed by atoms with Crippen LogP contribution in [-0.4, -0.2) is 33.5 Å². The molecule has 1 amide bonds. The van der Waals surface area contributed by atoms with Gasteiger partial charge in [0, 0.05) is 13.2 Å². The van der Waals surface area contributed by atoms with Gasteiger partial charge in [0.1, 0.15) is 5.54 Å². The average molecular weight is 270 g/mol. The third-order valence-corrected chi connectivity index (χ3v) is 4.09. The minimum Gasteiger partial charge on any atom is -0.336 e. The molecule has 0 aliphatic heterocycles. The topological polar surface area (TPSA) is 83.0 Å². The Morgan fingerprint density at radius 2 is 2.30 bits per heavy atom. The summed E-state index contributed by atoms with van der Waals surface area (Å²) in [4.78, 5) is 18.1. The molecule has 102 valence electrons. The highest BCUT2D eigenvalue weighted by atomic mass is 16.5. The summed E-state index contributed by atoms with van der Waals surface area (Å²) in [5, 5.41) is 13.8. The lowest BCUT2D eigenvalue weighted by molar-refractivity contribution is 0.0497. The van der Waals surface area contributed by atoms with Crippen LogP contribution in [0.1, 0.15) is 35.3 Å². The molecule has 0 radical (unpaired) electrons. The van der Waals surface area contributed by atoms with E-state index in [4.69, 9.17) is 4.52 Å². The molecule has 0 saturated heterocycles. The molecule has 0 spiro atoms. The number of aromatic nitrogens is 2. The zero-order chi connectivity index (χ0) is 14.3. The molecule has 2 heterocycles. The monoisotopic (exact) mass is 270 g/mol. The molecule has 0 N–H and O–H groups in total. The number of fused-ring (bicyclic) bond motifs is 1. The van der Waals surface area contributed by atoms with Gasteiger partial charge >= 0.3 is 0 Å². The fourth-order valence-corrected chi connectivity index (χ4v) is 2.48. The zero-order valence-electron chi connectivity index (χ0n) is 11.4. The number of nitrogens with zero attached hydrogens (tertiary/aromatic N) is 4. The third-order valence-electron chi connectivity index (χ3n) is 4.09. The van der Waals surface area contributed by atoms with Crippen LogP contribution in [0.2, 0.25) is 0 Å². The first-order valence-corrected chi connectivity index (χ1v) is 6.49. The zero-order valence-corrected chi connectivity index (χ0v) is 11.4. The second-order valence-electron chi connectivity index (χ2n) is 5.21. The molecule has 20 heavy (non-hydrogen) atoms. The number of nitriles is 1. The van der Waals surface area contributed by atoms with Gasteiger partial charge in [-0.3, -0.25) is 4.79 Å². The van der Waals surface area contributed by atoms with Crippen LogP contribution >= 0.6 is 0 Å². The fraction of sp³-hybridized carbons (Fsp3) is 0.429. The molecule has 6 nitrogen and oxygen atoms in total. The van der Waals surface area contributed by atoms with Crippen molar-refractivity contribution in [1.82, 2.24) is 15.0 Å². The van der Waals surface area contributed by atoms with E-state index >= 15 is 0 Å². The van der Waals surface area contributed by atoms with E-state index in [-0.39, 0.29) is 5.91 Å². The standard InChI is InChI=1S/C14H14N4O2/c1-9-11-6-10(7-16-12(11)20-17-9)13(19)18(2)14(8-15)4-3-5-14/h6-7H,3-5H2,1-2H3. The van der Waals surface area contributed by atoms with Gasteiger partial charge in [-0.2, -0.15) is 5.26 Å². The Hall–Kier alpha value is -2.42. The lowest BCUT2D eigenvalue weighted by atomic mass is 9.76. The Labute approximate surface area is 116 Å². The fourth-order valence-electron chi connectivity index (χ4n) is 2.48. The highest BCUT2D eigenvalue weighted by Crippen LogP contribution is 2.37. The van der Waals surface area contributed by atoms with Crippen molar-refractivity contribution in [3.8, 4) is 6.07 Å². The van der Waals surface area contributed by atoms with Gasteiger partial charge in [-0.25, -0.2) is 4.98 Å². The summed E-state index contributed by atoms with van der Waals surface area (Å²) < 4.78 is 5.03. The van der Waals surface area contributed by atoms with Gasteiger partial charge in [0.05, 0.1) is 22.7 Å². The number of aryl methyl sites for hydroxylation is 1. The van der Waals surface area contributed by atoms with Crippen LogP contribution in [0, 0.1) is 18.3 Å². The Morgan fingerprint density at radius 1 is 1.55 bits per heavy atom. The van der Waals surface area contributed by atoms with Crippen LogP contribution in [0.15, 0.2) is 16.8 Å². The van der Waals surface area contributed by atoms with E-state index in [2.05, 4.69) is 16.2 Å². The minimum atomic E-state index is -0.657. The summed E-state index contributed by atoms with van der Waals surface area (Å²) >= 11 is 0. The Balaban J connectivity index is 1.96. The molecule has 0 atom stereocenters. The summed E-state index contributed by atoms with van der Waals surface area (Å²) in [6, 6.07) is 3.98. The second-order valence-corrected chi connectivity index (χ2v) is 5.21. The third kappa shape index (κ3) is 1.67. The summed E-state index contributed by atoms with van der Waals surface area (Å²) in [6.07, 6.45) is 3.91. The van der Waals surface area contributed by atoms with Gasteiger partial charge in [0.15, 0.2) is 0 Å². The second kappa shape index (κ2) is 4.30. The molecule has 6 heteroatoms. The van der Waals surface area contributed by atoms with E-state index in [1.165, 1.54) is 11.1 Å². The SMILES string of the molecule is Cc1noc2ncc(C(=O)N(C)C3(C#N)CCC3)cc12. The molecule has 3 rings (SSSR count). The molecular weight excluding hydrogens is 256 g/mol. The molecule has 0 bridgehead atoms. The van der Waals surface area contributed by atoms with Crippen LogP contribution in [0.25, 0.3) is 11.1 Å². The Morgan fingerprint density at radius 3 is 2.90 bits per heavy atom. The van der Waals surface area contributed by atoms with Crippen molar-refractivity contribution in [3.63, 3.8) is 0 Å². The van der Waals surface area contributed by atoms with E-state index in [1.807, 2.05) is 0 Å². The van der Waals surface area contributed by atoms with Crippen LogP contribution in [-0.2, 0) is 0 Å². The summed E-state index contributed by atoms with van der Waals surface area (Å²) in [6.45, 7) is 1.80. The maximum Gasteiger partial charge on any atom is 0.257 e. The smallest absolute Gasteiger partial charge is 0.257 e. The van der Waals surface area contributed by atoms with Crippen molar-refractivity contribution in [1.29, 1.82) is 5.26 Å². The van der Waals surface area contributed by atoms with E-state index in [9.17, 15) is 10.1 Å². The first-order chi connectivity index (χ1) is 9.57. The number of rotatable bonds is 2. The number of amides is 1. The molecule has 2 aromatic heterocycles. The first-order valence-electron chi connectivity index (χ1n) is 6.49. The lowest BCUT2D eigenvalue weighted by Crippen LogP contribution is -2.53. The van der Waals surface area contributed by atoms with Gasteiger partial charge in [-0.1, -0.05) is 5.16 Å². The van der Waals surface area contributed by atoms with Crippen LogP contribution in [0.5, 0.6) is 0 Å². The number of carbonyl (C=O) groups is 1. The van der Waals surface area contributed by atoms with E-state index in [0.717, 1.165) is 24.6 Å². The largest absolute Gasteiger partial charge is 0.336 e. The van der Waals surface area contributed by atoms with Crippen LogP contribution in [0.4, 0.5) is 0 Å². The van der Waals surface area contributed by atoms with E-state index in [0.29, 0.717) is 17.0 Å². The van der Waals surface area contributed by atoms with Gasteiger partial charge < -0.3 is 9.42 Å².